The molecule has 8 heteroatoms. The first-order valence-corrected chi connectivity index (χ1v) is 7.93. The van der Waals surface area contributed by atoms with Crippen LogP contribution in [0.3, 0.4) is 0 Å². The molecular weight excluding hydrogens is 334 g/mol. The lowest BCUT2D eigenvalue weighted by Crippen LogP contribution is -2.38. The number of carbonyl (C=O) groups is 1. The topological polar surface area (TPSA) is 109 Å². The van der Waals surface area contributed by atoms with Crippen LogP contribution in [0, 0.1) is 0 Å². The van der Waals surface area contributed by atoms with Gasteiger partial charge in [0.2, 0.25) is 5.88 Å². The normalized spacial score (nSPS) is 11.2. The number of carbonyl (C=O) groups excluding carboxylic acids is 1. The van der Waals surface area contributed by atoms with Gasteiger partial charge in [-0.05, 0) is 38.1 Å². The molecule has 0 unspecified atom stereocenters. The van der Waals surface area contributed by atoms with E-state index in [-0.39, 0.29) is 0 Å². The Bertz CT molecular complexity index is 941. The number of ether oxygens (including phenoxy) is 1. The van der Waals surface area contributed by atoms with Crippen LogP contribution in [0.5, 0.6) is 5.88 Å². The summed E-state index contributed by atoms with van der Waals surface area (Å²) in [5.41, 5.74) is 3.41. The van der Waals surface area contributed by atoms with Gasteiger partial charge in [0, 0.05) is 17.6 Å². The molecule has 3 aromatic heterocycles. The van der Waals surface area contributed by atoms with Gasteiger partial charge in [0.1, 0.15) is 0 Å². The van der Waals surface area contributed by atoms with Crippen molar-refractivity contribution in [2.24, 2.45) is 0 Å². The smallest absolute Gasteiger partial charge is 0.255 e. The number of aromatic nitrogens is 3. The van der Waals surface area contributed by atoms with Crippen molar-refractivity contribution >= 4 is 28.3 Å². The number of hydrogen-bond acceptors (Lipinski definition) is 7. The molecule has 8 nitrogen and oxygen atoms in total. The van der Waals surface area contributed by atoms with Crippen molar-refractivity contribution in [1.82, 2.24) is 20.4 Å². The Kier molecular flexibility index (Phi) is 4.68. The highest BCUT2D eigenvalue weighted by Gasteiger charge is 2.30. The molecule has 0 bridgehead atoms. The Balaban J connectivity index is 1.88. The summed E-state index contributed by atoms with van der Waals surface area (Å²) in [5, 5.41) is 13.0. The fourth-order valence-electron chi connectivity index (χ4n) is 2.48. The molecule has 0 radical (unpaired) electrons. The van der Waals surface area contributed by atoms with Crippen molar-refractivity contribution in [3.05, 3.63) is 48.4 Å². The van der Waals surface area contributed by atoms with Crippen LogP contribution in [0.2, 0.25) is 0 Å². The first kappa shape index (κ1) is 17.6. The molecule has 0 saturated carbocycles. The van der Waals surface area contributed by atoms with E-state index in [0.29, 0.717) is 17.2 Å². The Hall–Kier alpha value is -3.26. The second-order valence-corrected chi connectivity index (χ2v) is 6.21. The SMILES string of the molecule is COc1ccc2c(Nc3ccc(C(C)(C)C(=O)NO)nc3)ccnc2n1. The van der Waals surface area contributed by atoms with Crippen LogP contribution in [-0.4, -0.2) is 33.2 Å². The minimum atomic E-state index is -0.947. The fraction of sp³-hybridized carbons (Fsp3) is 0.222. The minimum absolute atomic E-state index is 0.498. The van der Waals surface area contributed by atoms with Crippen LogP contribution in [0.4, 0.5) is 11.4 Å². The molecule has 0 fully saturated rings. The van der Waals surface area contributed by atoms with Crippen LogP contribution < -0.4 is 15.5 Å². The van der Waals surface area contributed by atoms with E-state index in [0.717, 1.165) is 16.8 Å². The van der Waals surface area contributed by atoms with Gasteiger partial charge in [-0.3, -0.25) is 15.0 Å². The minimum Gasteiger partial charge on any atom is -0.481 e. The van der Waals surface area contributed by atoms with Crippen molar-refractivity contribution in [3.8, 4) is 5.88 Å². The molecule has 0 aromatic carbocycles. The number of pyridine rings is 3. The summed E-state index contributed by atoms with van der Waals surface area (Å²) in [6.07, 6.45) is 3.29. The van der Waals surface area contributed by atoms with Crippen LogP contribution in [-0.2, 0) is 10.2 Å². The summed E-state index contributed by atoms with van der Waals surface area (Å²) >= 11 is 0. The number of anilines is 2. The van der Waals surface area contributed by atoms with Crippen LogP contribution in [0.25, 0.3) is 11.0 Å². The zero-order valence-corrected chi connectivity index (χ0v) is 14.6. The number of hydrogen-bond donors (Lipinski definition) is 3. The molecule has 3 rings (SSSR count). The highest BCUT2D eigenvalue weighted by atomic mass is 16.5. The van der Waals surface area contributed by atoms with Crippen LogP contribution >= 0.6 is 0 Å². The number of methoxy groups -OCH3 is 1. The Morgan fingerprint density at radius 2 is 1.96 bits per heavy atom. The molecule has 1 amide bonds. The van der Waals surface area contributed by atoms with E-state index >= 15 is 0 Å². The maximum atomic E-state index is 11.8. The maximum Gasteiger partial charge on any atom is 0.255 e. The monoisotopic (exact) mass is 353 g/mol. The summed E-state index contributed by atoms with van der Waals surface area (Å²) in [5.74, 6) is -0.0246. The molecule has 3 heterocycles. The van der Waals surface area contributed by atoms with E-state index in [4.69, 9.17) is 9.94 Å². The van der Waals surface area contributed by atoms with Crippen molar-refractivity contribution in [2.45, 2.75) is 19.3 Å². The molecule has 0 atom stereocenters. The van der Waals surface area contributed by atoms with Crippen LogP contribution in [0.15, 0.2) is 42.7 Å². The third-order valence-corrected chi connectivity index (χ3v) is 4.14. The van der Waals surface area contributed by atoms with Crippen molar-refractivity contribution in [1.29, 1.82) is 0 Å². The molecule has 0 spiro atoms. The standard InChI is InChI=1S/C18H19N5O3/c1-18(2,17(24)23-25)14-6-4-11(10-20-14)21-13-8-9-19-16-12(13)5-7-15(22-16)26-3/h4-10,25H,1-3H3,(H,23,24)(H,19,21,22). The molecule has 26 heavy (non-hydrogen) atoms. The van der Waals surface area contributed by atoms with E-state index in [1.165, 1.54) is 0 Å². The predicted molar refractivity (Wildman–Crippen MR) is 96.6 cm³/mol. The van der Waals surface area contributed by atoms with Crippen molar-refractivity contribution in [2.75, 3.05) is 12.4 Å². The average Bonchev–Trinajstić information content (AvgIpc) is 2.67. The van der Waals surface area contributed by atoms with Gasteiger partial charge in [-0.25, -0.2) is 10.5 Å². The third-order valence-electron chi connectivity index (χ3n) is 4.14. The lowest BCUT2D eigenvalue weighted by Gasteiger charge is -2.21. The lowest BCUT2D eigenvalue weighted by atomic mass is 9.88. The molecule has 3 aromatic rings. The van der Waals surface area contributed by atoms with Crippen molar-refractivity contribution in [3.63, 3.8) is 0 Å². The predicted octanol–water partition coefficient (Wildman–Crippen LogP) is 2.56. The van der Waals surface area contributed by atoms with E-state index in [1.807, 2.05) is 18.2 Å². The number of amides is 1. The summed E-state index contributed by atoms with van der Waals surface area (Å²) in [7, 11) is 1.56. The summed E-state index contributed by atoms with van der Waals surface area (Å²) in [6, 6.07) is 9.05. The molecule has 3 N–H and O–H groups in total. The Morgan fingerprint density at radius 3 is 2.62 bits per heavy atom. The highest BCUT2D eigenvalue weighted by molar-refractivity contribution is 5.91. The maximum absolute atomic E-state index is 11.8. The van der Waals surface area contributed by atoms with Gasteiger partial charge in [-0.2, -0.15) is 4.98 Å². The largest absolute Gasteiger partial charge is 0.481 e. The Labute approximate surface area is 150 Å². The molecular formula is C18H19N5O3. The molecule has 0 aliphatic rings. The van der Waals surface area contributed by atoms with Gasteiger partial charge in [0.05, 0.1) is 35.8 Å². The molecule has 0 saturated heterocycles. The zero-order chi connectivity index (χ0) is 18.7. The molecule has 0 aliphatic heterocycles. The van der Waals surface area contributed by atoms with Gasteiger partial charge in [-0.15, -0.1) is 0 Å². The third kappa shape index (κ3) is 3.27. The highest BCUT2D eigenvalue weighted by Crippen LogP contribution is 2.27. The second-order valence-electron chi connectivity index (χ2n) is 6.21. The van der Waals surface area contributed by atoms with Crippen LogP contribution in [0.1, 0.15) is 19.5 Å². The fourth-order valence-corrected chi connectivity index (χ4v) is 2.48. The number of fused-ring (bicyclic) bond motifs is 1. The summed E-state index contributed by atoms with van der Waals surface area (Å²) < 4.78 is 5.12. The molecule has 0 aliphatic carbocycles. The number of nitrogens with zero attached hydrogens (tertiary/aromatic N) is 3. The number of nitrogens with one attached hydrogen (secondary N) is 2. The number of hydroxylamine groups is 1. The van der Waals surface area contributed by atoms with E-state index in [2.05, 4.69) is 20.3 Å². The first-order chi connectivity index (χ1) is 12.5. The van der Waals surface area contributed by atoms with Gasteiger partial charge < -0.3 is 10.1 Å². The van der Waals surface area contributed by atoms with Gasteiger partial charge >= 0.3 is 0 Å². The van der Waals surface area contributed by atoms with Gasteiger partial charge in [0.25, 0.3) is 5.91 Å². The Morgan fingerprint density at radius 1 is 1.15 bits per heavy atom. The van der Waals surface area contributed by atoms with Gasteiger partial charge in [0.15, 0.2) is 5.65 Å². The molecule has 134 valence electrons. The second kappa shape index (κ2) is 6.93. The first-order valence-electron chi connectivity index (χ1n) is 7.93. The average molecular weight is 353 g/mol. The van der Waals surface area contributed by atoms with Gasteiger partial charge in [-0.1, -0.05) is 0 Å². The summed E-state index contributed by atoms with van der Waals surface area (Å²) in [6.45, 7) is 3.37. The summed E-state index contributed by atoms with van der Waals surface area (Å²) in [4.78, 5) is 24.7. The quantitative estimate of drug-likeness (QED) is 0.478. The zero-order valence-electron chi connectivity index (χ0n) is 14.6. The van der Waals surface area contributed by atoms with E-state index < -0.39 is 11.3 Å². The van der Waals surface area contributed by atoms with E-state index in [1.54, 1.807) is 51.0 Å². The number of rotatable bonds is 5. The lowest BCUT2D eigenvalue weighted by molar-refractivity contribution is -0.134. The van der Waals surface area contributed by atoms with Crippen molar-refractivity contribution < 1.29 is 14.7 Å². The van der Waals surface area contributed by atoms with E-state index in [9.17, 15) is 4.79 Å².